The number of carboxylic acids is 1. The number of anilines is 1. The van der Waals surface area contributed by atoms with Crippen LogP contribution in [0.25, 0.3) is 0 Å². The Morgan fingerprint density at radius 1 is 1.30 bits per heavy atom. The number of carbonyl (C=O) groups excluding carboxylic acids is 1. The fourth-order valence-electron chi connectivity index (χ4n) is 3.58. The molecular weight excluding hydrogens is 410 g/mol. The van der Waals surface area contributed by atoms with E-state index in [0.717, 1.165) is 0 Å². The number of nitrogens with zero attached hydrogens (tertiary/aromatic N) is 1. The number of aromatic hydroxyl groups is 1. The van der Waals surface area contributed by atoms with Crippen molar-refractivity contribution in [3.8, 4) is 11.5 Å². The van der Waals surface area contributed by atoms with Crippen LogP contribution in [0.5, 0.6) is 11.5 Å². The Balaban J connectivity index is 2.01. The number of carboxylic acid groups (broad SMARTS) is 1. The van der Waals surface area contributed by atoms with E-state index in [2.05, 4.69) is 0 Å². The fraction of sp³-hybridized carbons (Fsp3) is 0.364. The van der Waals surface area contributed by atoms with Crippen molar-refractivity contribution < 1.29 is 29.3 Å². The van der Waals surface area contributed by atoms with E-state index in [1.54, 1.807) is 29.2 Å². The van der Waals surface area contributed by atoms with Crippen molar-refractivity contribution in [2.24, 2.45) is 5.92 Å². The highest BCUT2D eigenvalue weighted by molar-refractivity contribution is 6.30. The SMILES string of the molecule is COc1cc(O)ccc1C1OCC(=O)N(CC(C)CCC(=O)O)c2ccc(Cl)cc21. The van der Waals surface area contributed by atoms with Crippen molar-refractivity contribution in [3.05, 3.63) is 52.5 Å². The van der Waals surface area contributed by atoms with E-state index in [-0.39, 0.29) is 30.6 Å². The molecule has 2 aromatic rings. The summed E-state index contributed by atoms with van der Waals surface area (Å²) < 4.78 is 11.4. The number of hydrogen-bond acceptors (Lipinski definition) is 5. The van der Waals surface area contributed by atoms with Crippen molar-refractivity contribution in [1.82, 2.24) is 0 Å². The Morgan fingerprint density at radius 3 is 2.77 bits per heavy atom. The second-order valence-corrected chi connectivity index (χ2v) is 7.80. The molecular formula is C22H24ClNO6. The maximum absolute atomic E-state index is 12.9. The zero-order valence-electron chi connectivity index (χ0n) is 16.8. The highest BCUT2D eigenvalue weighted by atomic mass is 35.5. The number of amides is 1. The van der Waals surface area contributed by atoms with Gasteiger partial charge in [-0.25, -0.2) is 0 Å². The summed E-state index contributed by atoms with van der Waals surface area (Å²) in [5.74, 6) is -0.615. The van der Waals surface area contributed by atoms with Crippen LogP contribution in [0.1, 0.15) is 37.0 Å². The lowest BCUT2D eigenvalue weighted by Gasteiger charge is -2.26. The summed E-state index contributed by atoms with van der Waals surface area (Å²) in [5.41, 5.74) is 2.01. The van der Waals surface area contributed by atoms with Crippen molar-refractivity contribution in [2.75, 3.05) is 25.2 Å². The molecule has 1 aliphatic heterocycles. The average Bonchev–Trinajstić information content (AvgIpc) is 2.83. The molecule has 3 rings (SSSR count). The van der Waals surface area contributed by atoms with E-state index in [4.69, 9.17) is 26.2 Å². The topological polar surface area (TPSA) is 96.3 Å². The maximum atomic E-state index is 12.9. The van der Waals surface area contributed by atoms with E-state index in [1.807, 2.05) is 6.92 Å². The van der Waals surface area contributed by atoms with Gasteiger partial charge in [-0.05, 0) is 42.7 Å². The van der Waals surface area contributed by atoms with Crippen LogP contribution in [-0.4, -0.2) is 42.4 Å². The summed E-state index contributed by atoms with van der Waals surface area (Å²) in [6, 6.07) is 9.94. The number of phenolic OH excluding ortho intramolecular Hbond substituents is 1. The van der Waals surface area contributed by atoms with Gasteiger partial charge in [0.2, 0.25) is 0 Å². The molecule has 160 valence electrons. The molecule has 2 aromatic carbocycles. The van der Waals surface area contributed by atoms with Gasteiger partial charge in [-0.2, -0.15) is 0 Å². The van der Waals surface area contributed by atoms with Gasteiger partial charge in [0.25, 0.3) is 5.91 Å². The molecule has 7 nitrogen and oxygen atoms in total. The van der Waals surface area contributed by atoms with Gasteiger partial charge in [-0.1, -0.05) is 18.5 Å². The number of halogens is 1. The minimum Gasteiger partial charge on any atom is -0.508 e. The first-order valence-electron chi connectivity index (χ1n) is 9.60. The molecule has 0 fully saturated rings. The summed E-state index contributed by atoms with van der Waals surface area (Å²) in [7, 11) is 1.50. The molecule has 0 bridgehead atoms. The third-order valence-corrected chi connectivity index (χ3v) is 5.32. The van der Waals surface area contributed by atoms with E-state index < -0.39 is 12.1 Å². The number of carbonyl (C=O) groups is 2. The van der Waals surface area contributed by atoms with Gasteiger partial charge in [0.15, 0.2) is 0 Å². The quantitative estimate of drug-likeness (QED) is 0.684. The van der Waals surface area contributed by atoms with E-state index in [0.29, 0.717) is 40.6 Å². The minimum absolute atomic E-state index is 0.0201. The van der Waals surface area contributed by atoms with E-state index in [1.165, 1.54) is 19.2 Å². The van der Waals surface area contributed by atoms with Crippen LogP contribution in [0.15, 0.2) is 36.4 Å². The third kappa shape index (κ3) is 4.86. The molecule has 0 spiro atoms. The normalized spacial score (nSPS) is 17.2. The Hall–Kier alpha value is -2.77. The van der Waals surface area contributed by atoms with Gasteiger partial charge in [0.05, 0.1) is 7.11 Å². The van der Waals surface area contributed by atoms with Gasteiger partial charge >= 0.3 is 5.97 Å². The molecule has 1 aliphatic rings. The lowest BCUT2D eigenvalue weighted by atomic mass is 9.97. The van der Waals surface area contributed by atoms with Gasteiger partial charge in [0, 0.05) is 40.9 Å². The molecule has 2 unspecified atom stereocenters. The summed E-state index contributed by atoms with van der Waals surface area (Å²) in [5, 5.41) is 19.2. The van der Waals surface area contributed by atoms with Crippen molar-refractivity contribution in [2.45, 2.75) is 25.9 Å². The average molecular weight is 434 g/mol. The van der Waals surface area contributed by atoms with Gasteiger partial charge in [-0.3, -0.25) is 9.59 Å². The summed E-state index contributed by atoms with van der Waals surface area (Å²) >= 11 is 6.26. The predicted octanol–water partition coefficient (Wildman–Crippen LogP) is 4.01. The van der Waals surface area contributed by atoms with Crippen molar-refractivity contribution >= 4 is 29.2 Å². The number of hydrogen-bond donors (Lipinski definition) is 2. The number of phenols is 1. The lowest BCUT2D eigenvalue weighted by Crippen LogP contribution is -2.36. The Bertz CT molecular complexity index is 947. The number of ether oxygens (including phenoxy) is 2. The molecule has 1 amide bonds. The molecule has 30 heavy (non-hydrogen) atoms. The van der Waals surface area contributed by atoms with Gasteiger partial charge in [-0.15, -0.1) is 0 Å². The van der Waals surface area contributed by atoms with Crippen LogP contribution >= 0.6 is 11.6 Å². The number of rotatable bonds is 7. The number of methoxy groups -OCH3 is 1. The summed E-state index contributed by atoms with van der Waals surface area (Å²) in [6.45, 7) is 2.12. The zero-order chi connectivity index (χ0) is 21.8. The Labute approximate surface area is 179 Å². The summed E-state index contributed by atoms with van der Waals surface area (Å²) in [6.07, 6.45) is -0.129. The highest BCUT2D eigenvalue weighted by Gasteiger charge is 2.32. The predicted molar refractivity (Wildman–Crippen MR) is 112 cm³/mol. The molecule has 0 aliphatic carbocycles. The molecule has 0 radical (unpaired) electrons. The van der Waals surface area contributed by atoms with Crippen LogP contribution in [0.4, 0.5) is 5.69 Å². The standard InChI is InChI=1S/C22H24ClNO6/c1-13(3-8-21(27)28)11-24-18-7-4-14(23)9-17(18)22(30-12-20(24)26)16-6-5-15(25)10-19(16)29-2/h4-7,9-10,13,22,25H,3,8,11-12H2,1-2H3,(H,27,28). The monoisotopic (exact) mass is 433 g/mol. The number of fused-ring (bicyclic) bond motifs is 1. The van der Waals surface area contributed by atoms with Crippen LogP contribution < -0.4 is 9.64 Å². The molecule has 0 aromatic heterocycles. The van der Waals surface area contributed by atoms with Gasteiger partial charge < -0.3 is 24.6 Å². The molecule has 2 atom stereocenters. The first-order valence-corrected chi connectivity index (χ1v) is 9.98. The highest BCUT2D eigenvalue weighted by Crippen LogP contribution is 2.42. The molecule has 0 saturated heterocycles. The number of aliphatic carboxylic acids is 1. The lowest BCUT2D eigenvalue weighted by molar-refractivity contribution is -0.137. The van der Waals surface area contributed by atoms with E-state index in [9.17, 15) is 14.7 Å². The van der Waals surface area contributed by atoms with Crippen LogP contribution in [0.3, 0.4) is 0 Å². The Kier molecular flexibility index (Phi) is 6.84. The zero-order valence-corrected chi connectivity index (χ0v) is 17.6. The smallest absolute Gasteiger partial charge is 0.303 e. The van der Waals surface area contributed by atoms with Crippen molar-refractivity contribution in [1.29, 1.82) is 0 Å². The van der Waals surface area contributed by atoms with Crippen LogP contribution in [0.2, 0.25) is 5.02 Å². The molecule has 8 heteroatoms. The van der Waals surface area contributed by atoms with Crippen LogP contribution in [-0.2, 0) is 14.3 Å². The largest absolute Gasteiger partial charge is 0.508 e. The molecule has 1 heterocycles. The van der Waals surface area contributed by atoms with Crippen molar-refractivity contribution in [3.63, 3.8) is 0 Å². The minimum atomic E-state index is -0.862. The fourth-order valence-corrected chi connectivity index (χ4v) is 3.77. The second-order valence-electron chi connectivity index (χ2n) is 7.36. The van der Waals surface area contributed by atoms with Crippen LogP contribution in [0, 0.1) is 5.92 Å². The Morgan fingerprint density at radius 2 is 2.07 bits per heavy atom. The second kappa shape index (κ2) is 9.36. The molecule has 0 saturated carbocycles. The first-order chi connectivity index (χ1) is 14.3. The van der Waals surface area contributed by atoms with E-state index >= 15 is 0 Å². The first kappa shape index (κ1) is 21.9. The van der Waals surface area contributed by atoms with Gasteiger partial charge in [0.1, 0.15) is 24.2 Å². The maximum Gasteiger partial charge on any atom is 0.303 e. The third-order valence-electron chi connectivity index (χ3n) is 5.08. The molecule has 2 N–H and O–H groups in total. The number of benzene rings is 2. The summed E-state index contributed by atoms with van der Waals surface area (Å²) in [4.78, 5) is 25.4.